The van der Waals surface area contributed by atoms with Crippen molar-refractivity contribution >= 4 is 11.8 Å². The highest BCUT2D eigenvalue weighted by atomic mass is 19.1. The van der Waals surface area contributed by atoms with Crippen LogP contribution in [0.4, 0.5) is 20.5 Å². The van der Waals surface area contributed by atoms with Crippen molar-refractivity contribution in [3.63, 3.8) is 0 Å². The van der Waals surface area contributed by atoms with E-state index in [1.54, 1.807) is 0 Å². The van der Waals surface area contributed by atoms with Crippen LogP contribution in [-0.4, -0.2) is 59.3 Å². The maximum absolute atomic E-state index is 13.9. The molecular weight excluding hydrogens is 332 g/mol. The second-order valence-electron chi connectivity index (χ2n) is 5.65. The van der Waals surface area contributed by atoms with E-state index >= 15 is 0 Å². The van der Waals surface area contributed by atoms with Gasteiger partial charge in [-0.05, 0) is 12.1 Å². The molecule has 1 aliphatic rings. The number of aromatic nitrogens is 2. The molecule has 134 valence electrons. The minimum atomic E-state index is -0.810. The SMILES string of the molecule is Nc1ncc(Oc2ccc(F)cc2F)c(N2CCN(CCO)CC2)n1. The van der Waals surface area contributed by atoms with E-state index in [2.05, 4.69) is 14.9 Å². The van der Waals surface area contributed by atoms with Crippen molar-refractivity contribution in [2.24, 2.45) is 0 Å². The van der Waals surface area contributed by atoms with E-state index in [0.717, 1.165) is 25.2 Å². The first-order chi connectivity index (χ1) is 12.1. The van der Waals surface area contributed by atoms with E-state index < -0.39 is 11.6 Å². The predicted molar refractivity (Wildman–Crippen MR) is 88.6 cm³/mol. The van der Waals surface area contributed by atoms with Crippen LogP contribution >= 0.6 is 0 Å². The molecule has 0 atom stereocenters. The van der Waals surface area contributed by atoms with Gasteiger partial charge in [-0.3, -0.25) is 4.90 Å². The zero-order chi connectivity index (χ0) is 17.8. The second-order valence-corrected chi connectivity index (χ2v) is 5.65. The lowest BCUT2D eigenvalue weighted by Gasteiger charge is -2.35. The molecule has 25 heavy (non-hydrogen) atoms. The smallest absolute Gasteiger partial charge is 0.222 e. The Kier molecular flexibility index (Phi) is 5.25. The van der Waals surface area contributed by atoms with E-state index in [0.29, 0.717) is 25.5 Å². The first kappa shape index (κ1) is 17.3. The molecular formula is C16H19F2N5O2. The Morgan fingerprint density at radius 3 is 2.60 bits per heavy atom. The molecule has 7 nitrogen and oxygen atoms in total. The van der Waals surface area contributed by atoms with Gasteiger partial charge >= 0.3 is 0 Å². The fraction of sp³-hybridized carbons (Fsp3) is 0.375. The molecule has 0 unspecified atom stereocenters. The molecule has 0 aliphatic carbocycles. The fourth-order valence-electron chi connectivity index (χ4n) is 2.67. The highest BCUT2D eigenvalue weighted by Gasteiger charge is 2.22. The highest BCUT2D eigenvalue weighted by Crippen LogP contribution is 2.32. The van der Waals surface area contributed by atoms with Gasteiger partial charge in [0.15, 0.2) is 23.1 Å². The number of anilines is 2. The average molecular weight is 351 g/mol. The average Bonchev–Trinajstić information content (AvgIpc) is 2.60. The molecule has 3 N–H and O–H groups in total. The molecule has 2 heterocycles. The van der Waals surface area contributed by atoms with Gasteiger partial charge in [-0.2, -0.15) is 4.98 Å². The summed E-state index contributed by atoms with van der Waals surface area (Å²) >= 11 is 0. The molecule has 3 rings (SSSR count). The number of hydrogen-bond acceptors (Lipinski definition) is 7. The van der Waals surface area contributed by atoms with Gasteiger partial charge in [0.2, 0.25) is 5.95 Å². The summed E-state index contributed by atoms with van der Waals surface area (Å²) in [6.07, 6.45) is 1.38. The molecule has 0 spiro atoms. The number of nitrogens with two attached hydrogens (primary N) is 1. The maximum Gasteiger partial charge on any atom is 0.222 e. The van der Waals surface area contributed by atoms with Gasteiger partial charge in [0, 0.05) is 38.8 Å². The highest BCUT2D eigenvalue weighted by molar-refractivity contribution is 5.55. The molecule has 1 saturated heterocycles. The van der Waals surface area contributed by atoms with E-state index in [9.17, 15) is 8.78 Å². The third-order valence-corrected chi connectivity index (χ3v) is 3.96. The molecule has 0 bridgehead atoms. The first-order valence-corrected chi connectivity index (χ1v) is 7.90. The van der Waals surface area contributed by atoms with E-state index in [-0.39, 0.29) is 24.1 Å². The lowest BCUT2D eigenvalue weighted by Crippen LogP contribution is -2.47. The summed E-state index contributed by atoms with van der Waals surface area (Å²) in [5.41, 5.74) is 5.68. The number of nitrogen functional groups attached to an aromatic ring is 1. The Labute approximate surface area is 143 Å². The van der Waals surface area contributed by atoms with Gasteiger partial charge in [0.05, 0.1) is 12.8 Å². The molecule has 1 aliphatic heterocycles. The molecule has 9 heteroatoms. The lowest BCUT2D eigenvalue weighted by atomic mass is 10.3. The van der Waals surface area contributed by atoms with Crippen LogP contribution in [-0.2, 0) is 0 Å². The minimum Gasteiger partial charge on any atom is -0.449 e. The molecule has 0 amide bonds. The van der Waals surface area contributed by atoms with Gasteiger partial charge in [-0.1, -0.05) is 0 Å². The van der Waals surface area contributed by atoms with Crippen LogP contribution in [0, 0.1) is 11.6 Å². The zero-order valence-electron chi connectivity index (χ0n) is 13.5. The van der Waals surface area contributed by atoms with Crippen molar-refractivity contribution in [3.05, 3.63) is 36.0 Å². The van der Waals surface area contributed by atoms with Crippen LogP contribution < -0.4 is 15.4 Å². The van der Waals surface area contributed by atoms with Crippen molar-refractivity contribution < 1.29 is 18.6 Å². The largest absolute Gasteiger partial charge is 0.449 e. The maximum atomic E-state index is 13.9. The Morgan fingerprint density at radius 2 is 1.92 bits per heavy atom. The van der Waals surface area contributed by atoms with Gasteiger partial charge in [0.25, 0.3) is 0 Å². The van der Waals surface area contributed by atoms with E-state index in [1.165, 1.54) is 12.3 Å². The van der Waals surface area contributed by atoms with Crippen LogP contribution in [0.2, 0.25) is 0 Å². The summed E-state index contributed by atoms with van der Waals surface area (Å²) in [7, 11) is 0. The summed E-state index contributed by atoms with van der Waals surface area (Å²) in [5.74, 6) is -0.820. The zero-order valence-corrected chi connectivity index (χ0v) is 13.5. The van der Waals surface area contributed by atoms with Gasteiger partial charge in [-0.25, -0.2) is 13.8 Å². The van der Waals surface area contributed by atoms with Crippen molar-refractivity contribution in [1.82, 2.24) is 14.9 Å². The third kappa shape index (κ3) is 4.12. The molecule has 0 radical (unpaired) electrons. The fourth-order valence-corrected chi connectivity index (χ4v) is 2.67. The number of aliphatic hydroxyl groups excluding tert-OH is 1. The normalized spacial score (nSPS) is 15.4. The van der Waals surface area contributed by atoms with Gasteiger partial charge in [0.1, 0.15) is 5.82 Å². The number of ether oxygens (including phenoxy) is 1. The van der Waals surface area contributed by atoms with Crippen LogP contribution in [0.1, 0.15) is 0 Å². The summed E-state index contributed by atoms with van der Waals surface area (Å²) in [4.78, 5) is 12.2. The van der Waals surface area contributed by atoms with Crippen molar-refractivity contribution in [2.75, 3.05) is 50.0 Å². The standard InChI is InChI=1S/C16H19F2N5O2/c17-11-1-2-13(12(18)9-11)25-14-10-20-16(19)21-15(14)23-5-3-22(4-6-23)7-8-24/h1-2,9-10,24H,3-8H2,(H2,19,20,21). The molecule has 1 fully saturated rings. The second kappa shape index (κ2) is 7.58. The topological polar surface area (TPSA) is 87.7 Å². The van der Waals surface area contributed by atoms with Crippen LogP contribution in [0.25, 0.3) is 0 Å². The van der Waals surface area contributed by atoms with Crippen molar-refractivity contribution in [2.45, 2.75) is 0 Å². The van der Waals surface area contributed by atoms with Crippen LogP contribution in [0.15, 0.2) is 24.4 Å². The number of aliphatic hydroxyl groups is 1. The third-order valence-electron chi connectivity index (χ3n) is 3.96. The number of nitrogens with zero attached hydrogens (tertiary/aromatic N) is 4. The van der Waals surface area contributed by atoms with E-state index in [4.69, 9.17) is 15.6 Å². The quantitative estimate of drug-likeness (QED) is 0.838. The first-order valence-electron chi connectivity index (χ1n) is 7.90. The van der Waals surface area contributed by atoms with Gasteiger partial charge in [-0.15, -0.1) is 0 Å². The Balaban J connectivity index is 1.81. The Hall–Kier alpha value is -2.52. The van der Waals surface area contributed by atoms with Crippen LogP contribution in [0.3, 0.4) is 0 Å². The summed E-state index contributed by atoms with van der Waals surface area (Å²) < 4.78 is 32.5. The predicted octanol–water partition coefficient (Wildman–Crippen LogP) is 1.24. The summed E-state index contributed by atoms with van der Waals surface area (Å²) in [6, 6.07) is 3.08. The molecule has 0 saturated carbocycles. The summed E-state index contributed by atoms with van der Waals surface area (Å²) in [6.45, 7) is 3.52. The van der Waals surface area contributed by atoms with E-state index in [1.807, 2.05) is 4.90 Å². The molecule has 2 aromatic rings. The Bertz CT molecular complexity index is 738. The Morgan fingerprint density at radius 1 is 1.16 bits per heavy atom. The monoisotopic (exact) mass is 351 g/mol. The summed E-state index contributed by atoms with van der Waals surface area (Å²) in [5, 5.41) is 9.02. The van der Waals surface area contributed by atoms with Crippen molar-refractivity contribution in [1.29, 1.82) is 0 Å². The minimum absolute atomic E-state index is 0.0831. The number of benzene rings is 1. The number of β-amino-alcohol motifs (C(OH)–C–C–N with tert-alkyl or cyclic N) is 1. The molecule has 1 aromatic heterocycles. The number of hydrogen-bond donors (Lipinski definition) is 2. The van der Waals surface area contributed by atoms with Crippen molar-refractivity contribution in [3.8, 4) is 11.5 Å². The van der Waals surface area contributed by atoms with Crippen LogP contribution in [0.5, 0.6) is 11.5 Å². The number of piperazine rings is 1. The lowest BCUT2D eigenvalue weighted by molar-refractivity contribution is 0.188. The molecule has 1 aromatic carbocycles. The van der Waals surface area contributed by atoms with Gasteiger partial charge < -0.3 is 20.5 Å². The number of rotatable bonds is 5. The number of halogens is 2.